The molecule has 160 valence electrons. The summed E-state index contributed by atoms with van der Waals surface area (Å²) in [7, 11) is 0. The average molecular weight is 514 g/mol. The van der Waals surface area contributed by atoms with E-state index >= 15 is 0 Å². The number of hydrogen-bond acceptors (Lipinski definition) is 5. The number of aromatic carboxylic acids is 1. The Balaban J connectivity index is 1.44. The third-order valence-corrected chi connectivity index (χ3v) is 7.88. The second kappa shape index (κ2) is 8.49. The molecule has 3 aliphatic rings. The Hall–Kier alpha value is -1.22. The number of likely N-dealkylation sites (tertiary alicyclic amines) is 1. The second-order valence-electron chi connectivity index (χ2n) is 9.07. The first-order chi connectivity index (χ1) is 13.9. The minimum absolute atomic E-state index is 0.114. The van der Waals surface area contributed by atoms with Crippen molar-refractivity contribution in [3.05, 3.63) is 15.2 Å². The van der Waals surface area contributed by atoms with Crippen LogP contribution >= 0.6 is 22.6 Å². The number of ether oxygens (including phenoxy) is 2. The molecule has 0 amide bonds. The summed E-state index contributed by atoms with van der Waals surface area (Å²) >= 11 is 2.05. The van der Waals surface area contributed by atoms with Crippen molar-refractivity contribution in [1.82, 2.24) is 4.90 Å². The lowest BCUT2D eigenvalue weighted by Gasteiger charge is -2.45. The fourth-order valence-electron chi connectivity index (χ4n) is 5.17. The highest BCUT2D eigenvalue weighted by atomic mass is 127. The minimum Gasteiger partial charge on any atom is -0.485 e. The number of hydrogen-bond donors (Lipinski definition) is 2. The van der Waals surface area contributed by atoms with Crippen LogP contribution in [0.3, 0.4) is 0 Å². The molecule has 2 aliphatic heterocycles. The molecule has 0 spiro atoms. The Morgan fingerprint density at radius 2 is 1.93 bits per heavy atom. The Kier molecular flexibility index (Phi) is 6.16. The van der Waals surface area contributed by atoms with Crippen LogP contribution in [0.25, 0.3) is 0 Å². The molecule has 0 radical (unpaired) electrons. The fourth-order valence-corrected chi connectivity index (χ4v) is 5.72. The van der Waals surface area contributed by atoms with Gasteiger partial charge in [0, 0.05) is 16.0 Å². The lowest BCUT2D eigenvalue weighted by atomic mass is 9.80. The number of piperidine rings is 1. The zero-order valence-corrected chi connectivity index (χ0v) is 19.2. The van der Waals surface area contributed by atoms with Crippen molar-refractivity contribution in [2.45, 2.75) is 57.5 Å². The number of carboxylic acid groups (broad SMARTS) is 1. The predicted molar refractivity (Wildman–Crippen MR) is 121 cm³/mol. The molecular formula is C22H31IN2O4. The molecule has 1 aromatic carbocycles. The summed E-state index contributed by atoms with van der Waals surface area (Å²) in [4.78, 5) is 14.2. The monoisotopic (exact) mass is 514 g/mol. The van der Waals surface area contributed by atoms with Crippen molar-refractivity contribution in [2.24, 2.45) is 11.8 Å². The Labute approximate surface area is 186 Å². The van der Waals surface area contributed by atoms with E-state index in [4.69, 9.17) is 15.2 Å². The van der Waals surface area contributed by atoms with E-state index in [2.05, 4.69) is 34.4 Å². The van der Waals surface area contributed by atoms with Crippen molar-refractivity contribution < 1.29 is 19.4 Å². The highest BCUT2D eigenvalue weighted by Gasteiger charge is 2.44. The summed E-state index contributed by atoms with van der Waals surface area (Å²) in [5.41, 5.74) is 6.33. The maximum atomic E-state index is 11.6. The molecule has 2 fully saturated rings. The SMILES string of the molecule is CC1(C2CCN(CC3CCCCC3)CC2)COc2c(C(=O)O)cc(I)c(N)c2O1. The number of anilines is 1. The molecule has 3 N–H and O–H groups in total. The Morgan fingerprint density at radius 3 is 2.59 bits per heavy atom. The third kappa shape index (κ3) is 4.31. The van der Waals surface area contributed by atoms with Crippen LogP contribution in [-0.2, 0) is 0 Å². The van der Waals surface area contributed by atoms with Gasteiger partial charge in [-0.1, -0.05) is 19.3 Å². The van der Waals surface area contributed by atoms with Gasteiger partial charge in [0.05, 0.1) is 5.69 Å². The van der Waals surface area contributed by atoms with Gasteiger partial charge in [0.25, 0.3) is 0 Å². The van der Waals surface area contributed by atoms with Gasteiger partial charge in [-0.05, 0) is 80.3 Å². The van der Waals surface area contributed by atoms with Gasteiger partial charge in [0.1, 0.15) is 17.8 Å². The minimum atomic E-state index is -1.03. The number of fused-ring (bicyclic) bond motifs is 1. The summed E-state index contributed by atoms with van der Waals surface area (Å²) < 4.78 is 13.1. The van der Waals surface area contributed by atoms with Crippen molar-refractivity contribution in [1.29, 1.82) is 0 Å². The van der Waals surface area contributed by atoms with E-state index < -0.39 is 11.6 Å². The zero-order valence-electron chi connectivity index (χ0n) is 17.1. The molecule has 7 heteroatoms. The smallest absolute Gasteiger partial charge is 0.339 e. The number of rotatable bonds is 4. The second-order valence-corrected chi connectivity index (χ2v) is 10.2. The van der Waals surface area contributed by atoms with Crippen LogP contribution in [0.5, 0.6) is 11.5 Å². The van der Waals surface area contributed by atoms with Gasteiger partial charge in [-0.25, -0.2) is 4.79 Å². The van der Waals surface area contributed by atoms with E-state index in [0.717, 1.165) is 31.8 Å². The van der Waals surface area contributed by atoms with Gasteiger partial charge in [0.15, 0.2) is 11.5 Å². The molecule has 1 aliphatic carbocycles. The first-order valence-electron chi connectivity index (χ1n) is 10.8. The van der Waals surface area contributed by atoms with Crippen LogP contribution in [0, 0.1) is 15.4 Å². The number of nitrogens with two attached hydrogens (primary N) is 1. The summed E-state index contributed by atoms with van der Waals surface area (Å²) in [6, 6.07) is 1.55. The van der Waals surface area contributed by atoms with E-state index in [1.54, 1.807) is 6.07 Å². The van der Waals surface area contributed by atoms with E-state index in [0.29, 0.717) is 27.5 Å². The van der Waals surface area contributed by atoms with Crippen molar-refractivity contribution in [3.63, 3.8) is 0 Å². The first kappa shape index (κ1) is 21.0. The van der Waals surface area contributed by atoms with Crippen molar-refractivity contribution in [2.75, 3.05) is 32.0 Å². The van der Waals surface area contributed by atoms with Crippen LogP contribution in [0.1, 0.15) is 62.2 Å². The quantitative estimate of drug-likeness (QED) is 0.458. The number of carboxylic acids is 1. The lowest BCUT2D eigenvalue weighted by molar-refractivity contribution is -0.0587. The largest absolute Gasteiger partial charge is 0.485 e. The van der Waals surface area contributed by atoms with Crippen LogP contribution < -0.4 is 15.2 Å². The summed E-state index contributed by atoms with van der Waals surface area (Å²) in [6.45, 7) is 5.85. The first-order valence-corrected chi connectivity index (χ1v) is 11.8. The number of benzene rings is 1. The highest BCUT2D eigenvalue weighted by molar-refractivity contribution is 14.1. The fraction of sp³-hybridized carbons (Fsp3) is 0.682. The molecule has 1 saturated carbocycles. The molecule has 1 unspecified atom stereocenters. The number of nitrogen functional groups attached to an aromatic ring is 1. The summed E-state index contributed by atoms with van der Waals surface area (Å²) in [5, 5.41) is 9.51. The van der Waals surface area contributed by atoms with Gasteiger partial charge in [0.2, 0.25) is 0 Å². The predicted octanol–water partition coefficient (Wildman–Crippen LogP) is 4.39. The van der Waals surface area contributed by atoms with E-state index in [9.17, 15) is 9.90 Å². The van der Waals surface area contributed by atoms with Crippen LogP contribution in [-0.4, -0.2) is 47.8 Å². The number of halogens is 1. The Bertz CT molecular complexity index is 773. The maximum Gasteiger partial charge on any atom is 0.339 e. The number of nitrogens with zero attached hydrogens (tertiary/aromatic N) is 1. The van der Waals surface area contributed by atoms with E-state index in [1.165, 1.54) is 38.6 Å². The van der Waals surface area contributed by atoms with Gasteiger partial charge in [-0.2, -0.15) is 0 Å². The van der Waals surface area contributed by atoms with Gasteiger partial charge in [-0.15, -0.1) is 0 Å². The molecule has 1 atom stereocenters. The summed E-state index contributed by atoms with van der Waals surface area (Å²) in [6.07, 6.45) is 9.09. The number of carbonyl (C=O) groups is 1. The van der Waals surface area contributed by atoms with E-state index in [1.807, 2.05) is 0 Å². The lowest BCUT2D eigenvalue weighted by Crippen LogP contribution is -2.52. The molecule has 1 saturated heterocycles. The average Bonchev–Trinajstić information content (AvgIpc) is 2.72. The third-order valence-electron chi connectivity index (χ3n) is 6.98. The van der Waals surface area contributed by atoms with Crippen LogP contribution in [0.15, 0.2) is 6.07 Å². The van der Waals surface area contributed by atoms with Crippen molar-refractivity contribution in [3.8, 4) is 11.5 Å². The van der Waals surface area contributed by atoms with Crippen LogP contribution in [0.2, 0.25) is 0 Å². The summed E-state index contributed by atoms with van der Waals surface area (Å²) in [5.74, 6) is 0.870. The molecular weight excluding hydrogens is 483 g/mol. The molecule has 29 heavy (non-hydrogen) atoms. The van der Waals surface area contributed by atoms with E-state index in [-0.39, 0.29) is 11.3 Å². The van der Waals surface area contributed by atoms with Gasteiger partial charge < -0.3 is 25.2 Å². The molecule has 2 heterocycles. The standard InChI is InChI=1S/C22H31IN2O4/c1-22(15-7-9-25(10-8-15)12-14-5-3-2-4-6-14)13-28-19-16(21(26)27)11-17(23)18(24)20(19)29-22/h11,14-15H,2-10,12-13,24H2,1H3,(H,26,27). The molecule has 6 nitrogen and oxygen atoms in total. The zero-order chi connectivity index (χ0) is 20.6. The van der Waals surface area contributed by atoms with Crippen LogP contribution in [0.4, 0.5) is 5.69 Å². The van der Waals surface area contributed by atoms with Crippen molar-refractivity contribution >= 4 is 34.2 Å². The Morgan fingerprint density at radius 1 is 1.24 bits per heavy atom. The molecule has 0 bridgehead atoms. The normalized spacial score (nSPS) is 26.4. The van der Waals surface area contributed by atoms with Gasteiger partial charge in [-0.3, -0.25) is 0 Å². The molecule has 1 aromatic rings. The molecule has 0 aromatic heterocycles. The molecule has 4 rings (SSSR count). The maximum absolute atomic E-state index is 11.6. The highest BCUT2D eigenvalue weighted by Crippen LogP contribution is 2.47. The van der Waals surface area contributed by atoms with Gasteiger partial charge >= 0.3 is 5.97 Å². The topological polar surface area (TPSA) is 85.0 Å².